The fraction of sp³-hybridized carbons (Fsp3) is 0.684. The maximum atomic E-state index is 10.4. The first kappa shape index (κ1) is 18.7. The van der Waals surface area contributed by atoms with Gasteiger partial charge in [0.1, 0.15) is 8.07 Å². The SMILES string of the molecule is CCCCC[C@H](O)[C@H]1CC[C@](CO)([Si](C)(C)c2ccccc2)O1. The Balaban J connectivity index is 2.10. The second-order valence-corrected chi connectivity index (χ2v) is 12.1. The third kappa shape index (κ3) is 3.87. The smallest absolute Gasteiger partial charge is 0.120 e. The minimum Gasteiger partial charge on any atom is -0.394 e. The number of hydrogen-bond donors (Lipinski definition) is 2. The van der Waals surface area contributed by atoms with Crippen molar-refractivity contribution in [3.63, 3.8) is 0 Å². The molecule has 23 heavy (non-hydrogen) atoms. The van der Waals surface area contributed by atoms with E-state index in [0.29, 0.717) is 0 Å². The molecule has 130 valence electrons. The zero-order chi connectivity index (χ0) is 16.9. The Hall–Kier alpha value is -0.683. The molecule has 1 saturated heterocycles. The molecule has 1 aromatic carbocycles. The summed E-state index contributed by atoms with van der Waals surface area (Å²) in [5, 5.41) is 21.4. The number of aliphatic hydroxyl groups is 2. The highest BCUT2D eigenvalue weighted by molar-refractivity contribution is 6.92. The molecular formula is C19H32O3Si. The van der Waals surface area contributed by atoms with Crippen LogP contribution in [0.1, 0.15) is 45.4 Å². The molecule has 0 radical (unpaired) electrons. The Morgan fingerprint density at radius 2 is 1.96 bits per heavy atom. The third-order valence-electron chi connectivity index (χ3n) is 5.63. The van der Waals surface area contributed by atoms with Crippen LogP contribution in [0.5, 0.6) is 0 Å². The van der Waals surface area contributed by atoms with Gasteiger partial charge in [0.2, 0.25) is 0 Å². The average molecular weight is 337 g/mol. The van der Waals surface area contributed by atoms with Gasteiger partial charge in [0.25, 0.3) is 0 Å². The van der Waals surface area contributed by atoms with Crippen LogP contribution in [0, 0.1) is 0 Å². The Morgan fingerprint density at radius 3 is 2.57 bits per heavy atom. The summed E-state index contributed by atoms with van der Waals surface area (Å²) in [5.41, 5.74) is 0. The first-order chi connectivity index (χ1) is 11.0. The monoisotopic (exact) mass is 336 g/mol. The summed E-state index contributed by atoms with van der Waals surface area (Å²) in [6, 6.07) is 10.4. The number of ether oxygens (including phenoxy) is 1. The molecular weight excluding hydrogens is 304 g/mol. The van der Waals surface area contributed by atoms with Crippen molar-refractivity contribution in [1.82, 2.24) is 0 Å². The fourth-order valence-corrected chi connectivity index (χ4v) is 6.90. The van der Waals surface area contributed by atoms with E-state index in [0.717, 1.165) is 38.5 Å². The molecule has 4 heteroatoms. The van der Waals surface area contributed by atoms with E-state index in [1.54, 1.807) is 0 Å². The number of rotatable bonds is 8. The van der Waals surface area contributed by atoms with E-state index < -0.39 is 19.4 Å². The minimum absolute atomic E-state index is 0.0410. The molecule has 0 aliphatic carbocycles. The van der Waals surface area contributed by atoms with Gasteiger partial charge in [-0.15, -0.1) is 0 Å². The Bertz CT molecular complexity index is 477. The standard InChI is InChI=1S/C19H32O3Si/c1-4-5-7-12-17(21)18-13-14-19(15-20,22-18)23(2,3)16-10-8-6-9-11-16/h6,8-11,17-18,20-21H,4-5,7,12-15H2,1-3H3/t17-,18+,19+/m0/s1. The third-order valence-corrected chi connectivity index (χ3v) is 10.2. The largest absolute Gasteiger partial charge is 0.394 e. The molecule has 3 nitrogen and oxygen atoms in total. The molecule has 1 fully saturated rings. The number of benzene rings is 1. The summed E-state index contributed by atoms with van der Waals surface area (Å²) in [6.45, 7) is 6.75. The highest BCUT2D eigenvalue weighted by atomic mass is 28.3. The predicted octanol–water partition coefficient (Wildman–Crippen LogP) is 2.99. The van der Waals surface area contributed by atoms with Crippen molar-refractivity contribution in [1.29, 1.82) is 0 Å². The van der Waals surface area contributed by atoms with E-state index in [4.69, 9.17) is 4.74 Å². The number of aliphatic hydroxyl groups excluding tert-OH is 2. The molecule has 3 atom stereocenters. The van der Waals surface area contributed by atoms with Gasteiger partial charge >= 0.3 is 0 Å². The highest BCUT2D eigenvalue weighted by Crippen LogP contribution is 2.39. The van der Waals surface area contributed by atoms with E-state index in [-0.39, 0.29) is 12.7 Å². The van der Waals surface area contributed by atoms with Gasteiger partial charge in [0.15, 0.2) is 0 Å². The van der Waals surface area contributed by atoms with Crippen LogP contribution in [-0.2, 0) is 4.74 Å². The molecule has 1 aliphatic heterocycles. The minimum atomic E-state index is -2.01. The maximum Gasteiger partial charge on any atom is 0.120 e. The Kier molecular flexibility index (Phi) is 6.43. The van der Waals surface area contributed by atoms with Gasteiger partial charge in [0.05, 0.1) is 24.0 Å². The van der Waals surface area contributed by atoms with E-state index in [9.17, 15) is 10.2 Å². The molecule has 1 heterocycles. The van der Waals surface area contributed by atoms with Crippen LogP contribution >= 0.6 is 0 Å². The highest BCUT2D eigenvalue weighted by Gasteiger charge is 2.54. The van der Waals surface area contributed by atoms with Gasteiger partial charge in [0, 0.05) is 0 Å². The van der Waals surface area contributed by atoms with Crippen LogP contribution in [0.25, 0.3) is 0 Å². The first-order valence-electron chi connectivity index (χ1n) is 8.99. The average Bonchev–Trinajstić information content (AvgIpc) is 3.02. The fourth-order valence-electron chi connectivity index (χ4n) is 3.73. The van der Waals surface area contributed by atoms with Crippen molar-refractivity contribution in [2.45, 2.75) is 76.0 Å². The quantitative estimate of drug-likeness (QED) is 0.567. The molecule has 0 unspecified atom stereocenters. The second-order valence-electron chi connectivity index (χ2n) is 7.40. The summed E-state index contributed by atoms with van der Waals surface area (Å²) in [5.74, 6) is 0. The van der Waals surface area contributed by atoms with E-state index in [1.807, 2.05) is 6.07 Å². The van der Waals surface area contributed by atoms with Gasteiger partial charge in [-0.2, -0.15) is 0 Å². The topological polar surface area (TPSA) is 49.7 Å². The summed E-state index contributed by atoms with van der Waals surface area (Å²) in [7, 11) is -2.01. The molecule has 0 aromatic heterocycles. The van der Waals surface area contributed by atoms with Crippen molar-refractivity contribution in [3.05, 3.63) is 30.3 Å². The normalized spacial score (nSPS) is 26.4. The molecule has 2 N–H and O–H groups in total. The Labute approximate surface area is 141 Å². The first-order valence-corrected chi connectivity index (χ1v) is 12.0. The second kappa shape index (κ2) is 7.93. The number of hydrogen-bond acceptors (Lipinski definition) is 3. The summed E-state index contributed by atoms with van der Waals surface area (Å²) >= 11 is 0. The molecule has 2 rings (SSSR count). The lowest BCUT2D eigenvalue weighted by atomic mass is 10.0. The molecule has 0 amide bonds. The van der Waals surface area contributed by atoms with Crippen molar-refractivity contribution in [2.75, 3.05) is 6.61 Å². The lowest BCUT2D eigenvalue weighted by molar-refractivity contribution is -0.0750. The lowest BCUT2D eigenvalue weighted by Gasteiger charge is -2.42. The van der Waals surface area contributed by atoms with Crippen molar-refractivity contribution < 1.29 is 14.9 Å². The van der Waals surface area contributed by atoms with E-state index in [1.165, 1.54) is 5.19 Å². The van der Waals surface area contributed by atoms with Crippen LogP contribution in [0.2, 0.25) is 13.1 Å². The molecule has 1 aliphatic rings. The van der Waals surface area contributed by atoms with E-state index >= 15 is 0 Å². The van der Waals surface area contributed by atoms with Crippen LogP contribution < -0.4 is 5.19 Å². The lowest BCUT2D eigenvalue weighted by Crippen LogP contribution is -2.64. The summed E-state index contributed by atoms with van der Waals surface area (Å²) < 4.78 is 6.37. The summed E-state index contributed by atoms with van der Waals surface area (Å²) in [4.78, 5) is 0. The zero-order valence-corrected chi connectivity index (χ0v) is 15.8. The van der Waals surface area contributed by atoms with Crippen molar-refractivity contribution >= 4 is 13.3 Å². The van der Waals surface area contributed by atoms with Crippen LogP contribution in [0.4, 0.5) is 0 Å². The van der Waals surface area contributed by atoms with Gasteiger partial charge in [-0.3, -0.25) is 0 Å². The van der Waals surface area contributed by atoms with E-state index in [2.05, 4.69) is 44.3 Å². The van der Waals surface area contributed by atoms with Gasteiger partial charge in [-0.1, -0.05) is 74.8 Å². The molecule has 0 spiro atoms. The predicted molar refractivity (Wildman–Crippen MR) is 97.6 cm³/mol. The van der Waals surface area contributed by atoms with Crippen LogP contribution in [0.15, 0.2) is 30.3 Å². The van der Waals surface area contributed by atoms with Crippen LogP contribution in [-0.4, -0.2) is 42.3 Å². The van der Waals surface area contributed by atoms with Crippen molar-refractivity contribution in [2.24, 2.45) is 0 Å². The van der Waals surface area contributed by atoms with Gasteiger partial charge in [-0.05, 0) is 19.3 Å². The summed E-state index contributed by atoms with van der Waals surface area (Å²) in [6.07, 6.45) is 5.30. The van der Waals surface area contributed by atoms with Gasteiger partial charge < -0.3 is 14.9 Å². The molecule has 0 bridgehead atoms. The Morgan fingerprint density at radius 1 is 1.26 bits per heavy atom. The zero-order valence-electron chi connectivity index (χ0n) is 14.8. The van der Waals surface area contributed by atoms with Crippen molar-refractivity contribution in [3.8, 4) is 0 Å². The van der Waals surface area contributed by atoms with Gasteiger partial charge in [-0.25, -0.2) is 0 Å². The maximum absolute atomic E-state index is 10.4. The number of unbranched alkanes of at least 4 members (excludes halogenated alkanes) is 2. The molecule has 0 saturated carbocycles. The molecule has 1 aromatic rings. The van der Waals surface area contributed by atoms with Crippen LogP contribution in [0.3, 0.4) is 0 Å².